The van der Waals surface area contributed by atoms with Crippen molar-refractivity contribution >= 4 is 6.72 Å². The summed E-state index contributed by atoms with van der Waals surface area (Å²) >= 11 is 0. The molecule has 0 aliphatic heterocycles. The predicted molar refractivity (Wildman–Crippen MR) is 35.9 cm³/mol. The molecule has 2 N–H and O–H groups in total. The highest BCUT2D eigenvalue weighted by atomic mass is 15.0. The van der Waals surface area contributed by atoms with Crippen molar-refractivity contribution in [3.05, 3.63) is 11.9 Å². The molecule has 0 amide bonds. The van der Waals surface area contributed by atoms with E-state index in [4.69, 9.17) is 5.73 Å². The molecule has 0 aromatic carbocycles. The van der Waals surface area contributed by atoms with Gasteiger partial charge in [0.05, 0.1) is 13.8 Å². The van der Waals surface area contributed by atoms with Gasteiger partial charge in [-0.2, -0.15) is 0 Å². The molecule has 8 heavy (non-hydrogen) atoms. The van der Waals surface area contributed by atoms with Crippen LogP contribution in [0.2, 0.25) is 0 Å². The number of nitrogens with zero attached hydrogens (tertiary/aromatic N) is 1. The summed E-state index contributed by atoms with van der Waals surface area (Å²) < 4.78 is 1.64. The highest BCUT2D eigenvalue weighted by Gasteiger charge is 1.90. The Morgan fingerprint density at radius 3 is 2.50 bits per heavy atom. The zero-order valence-corrected chi connectivity index (χ0v) is 5.52. The third-order valence-electron chi connectivity index (χ3n) is 0.854. The number of allylic oxidation sites excluding steroid dienone is 1. The summed E-state index contributed by atoms with van der Waals surface area (Å²) in [5, 5.41) is 0. The summed E-state index contributed by atoms with van der Waals surface area (Å²) in [6, 6.07) is 0. The van der Waals surface area contributed by atoms with E-state index >= 15 is 0 Å². The summed E-state index contributed by atoms with van der Waals surface area (Å²) in [6.45, 7) is 5.64. The molecule has 46 valence electrons. The molecule has 2 heteroatoms. The molecular formula is C6H13N2+. The normalized spacial score (nSPS) is 11.5. The van der Waals surface area contributed by atoms with E-state index in [0.717, 1.165) is 12.2 Å². The fraction of sp³-hybridized carbons (Fsp3) is 0.500. The number of hydrogen-bond acceptors (Lipinski definition) is 1. The second-order valence-electron chi connectivity index (χ2n) is 1.74. The predicted octanol–water partition coefficient (Wildman–Crippen LogP) is 0.539. The van der Waals surface area contributed by atoms with Crippen molar-refractivity contribution < 1.29 is 4.58 Å². The molecule has 0 bridgehead atoms. The van der Waals surface area contributed by atoms with Gasteiger partial charge in [-0.1, -0.05) is 6.92 Å². The first kappa shape index (κ1) is 7.21. The van der Waals surface area contributed by atoms with Gasteiger partial charge >= 0.3 is 0 Å². The minimum absolute atomic E-state index is 0.729. The molecule has 2 nitrogen and oxygen atoms in total. The van der Waals surface area contributed by atoms with E-state index in [-0.39, 0.29) is 0 Å². The van der Waals surface area contributed by atoms with E-state index in [0.29, 0.717) is 0 Å². The highest BCUT2D eigenvalue weighted by Crippen LogP contribution is 1.84. The van der Waals surface area contributed by atoms with Crippen LogP contribution in [0.1, 0.15) is 13.3 Å². The van der Waals surface area contributed by atoms with E-state index in [1.165, 1.54) is 0 Å². The lowest BCUT2D eigenvalue weighted by molar-refractivity contribution is -0.435. The van der Waals surface area contributed by atoms with Crippen LogP contribution in [-0.4, -0.2) is 18.3 Å². The number of hydrogen-bond donors (Lipinski definition) is 1. The molecule has 0 saturated carbocycles. The molecule has 0 spiro atoms. The van der Waals surface area contributed by atoms with Crippen LogP contribution in [0, 0.1) is 0 Å². The van der Waals surface area contributed by atoms with Gasteiger partial charge in [0.1, 0.15) is 0 Å². The second-order valence-corrected chi connectivity index (χ2v) is 1.74. The summed E-state index contributed by atoms with van der Waals surface area (Å²) in [7, 11) is 1.82. The minimum Gasteiger partial charge on any atom is -0.287 e. The van der Waals surface area contributed by atoms with E-state index in [9.17, 15) is 0 Å². The molecule has 0 heterocycles. The molecule has 0 aromatic heterocycles. The average Bonchev–Trinajstić information content (AvgIpc) is 1.67. The molecule has 0 aliphatic rings. The van der Waals surface area contributed by atoms with E-state index < -0.39 is 0 Å². The van der Waals surface area contributed by atoms with Crippen molar-refractivity contribution in [3.8, 4) is 0 Å². The standard InChI is InChI=1S/C6H13N2/c1-4-5-6(7)8(2)3/h5H,2,4,7H2,1,3H3/q+1. The zero-order valence-electron chi connectivity index (χ0n) is 5.52. The number of nitrogens with two attached hydrogens (primary N) is 1. The second kappa shape index (κ2) is 3.24. The van der Waals surface area contributed by atoms with Gasteiger partial charge in [0.15, 0.2) is 0 Å². The molecule has 0 saturated heterocycles. The average molecular weight is 113 g/mol. The minimum atomic E-state index is 0.729. The van der Waals surface area contributed by atoms with Gasteiger partial charge in [0, 0.05) is 6.08 Å². The molecule has 0 rings (SSSR count). The molecule has 0 unspecified atom stereocenters. The van der Waals surface area contributed by atoms with Crippen molar-refractivity contribution in [2.24, 2.45) is 5.73 Å². The van der Waals surface area contributed by atoms with E-state index in [1.54, 1.807) is 4.58 Å². The molecule has 0 aromatic rings. The monoisotopic (exact) mass is 113 g/mol. The molecule has 0 radical (unpaired) electrons. The molecule has 0 atom stereocenters. The van der Waals surface area contributed by atoms with Gasteiger partial charge < -0.3 is 0 Å². The topological polar surface area (TPSA) is 29.0 Å². The van der Waals surface area contributed by atoms with Crippen molar-refractivity contribution in [2.75, 3.05) is 7.05 Å². The van der Waals surface area contributed by atoms with Crippen LogP contribution < -0.4 is 5.73 Å². The largest absolute Gasteiger partial charge is 0.287 e. The van der Waals surface area contributed by atoms with Crippen LogP contribution in [0.5, 0.6) is 0 Å². The Balaban J connectivity index is 3.80. The third kappa shape index (κ3) is 2.39. The summed E-state index contributed by atoms with van der Waals surface area (Å²) in [5.74, 6) is 0.729. The van der Waals surface area contributed by atoms with Crippen LogP contribution >= 0.6 is 0 Å². The van der Waals surface area contributed by atoms with Crippen LogP contribution in [0.3, 0.4) is 0 Å². The lowest BCUT2D eigenvalue weighted by atomic mass is 10.4. The Hall–Kier alpha value is -0.790. The van der Waals surface area contributed by atoms with Crippen LogP contribution in [-0.2, 0) is 0 Å². The quantitative estimate of drug-likeness (QED) is 0.411. The summed E-state index contributed by atoms with van der Waals surface area (Å²) in [4.78, 5) is 0. The maximum atomic E-state index is 5.45. The fourth-order valence-electron chi connectivity index (χ4n) is 0.365. The van der Waals surface area contributed by atoms with Crippen molar-refractivity contribution in [1.82, 2.24) is 0 Å². The summed E-state index contributed by atoms with van der Waals surface area (Å²) in [5.41, 5.74) is 5.45. The lowest BCUT2D eigenvalue weighted by Gasteiger charge is -1.90. The molecule has 0 aliphatic carbocycles. The fourth-order valence-corrected chi connectivity index (χ4v) is 0.365. The third-order valence-corrected chi connectivity index (χ3v) is 0.854. The first-order chi connectivity index (χ1) is 3.68. The molecular weight excluding hydrogens is 100 g/mol. The van der Waals surface area contributed by atoms with Gasteiger partial charge in [0.2, 0.25) is 0 Å². The SMILES string of the molecule is C=[N+](C)C(N)=CCC. The Kier molecular flexibility index (Phi) is 2.92. The van der Waals surface area contributed by atoms with Crippen LogP contribution in [0.4, 0.5) is 0 Å². The first-order valence-electron chi connectivity index (χ1n) is 2.68. The Bertz CT molecular complexity index is 114. The van der Waals surface area contributed by atoms with Crippen molar-refractivity contribution in [2.45, 2.75) is 13.3 Å². The Labute approximate surface area is 50.3 Å². The molecule has 0 fully saturated rings. The van der Waals surface area contributed by atoms with Crippen LogP contribution in [0.15, 0.2) is 11.9 Å². The summed E-state index contributed by atoms with van der Waals surface area (Å²) in [6.07, 6.45) is 2.89. The van der Waals surface area contributed by atoms with Gasteiger partial charge in [-0.3, -0.25) is 5.73 Å². The van der Waals surface area contributed by atoms with Crippen LogP contribution in [0.25, 0.3) is 0 Å². The highest BCUT2D eigenvalue weighted by molar-refractivity contribution is 5.16. The smallest absolute Gasteiger partial charge is 0.267 e. The van der Waals surface area contributed by atoms with E-state index in [1.807, 2.05) is 20.0 Å². The van der Waals surface area contributed by atoms with Crippen molar-refractivity contribution in [1.29, 1.82) is 0 Å². The lowest BCUT2D eigenvalue weighted by Crippen LogP contribution is -2.10. The van der Waals surface area contributed by atoms with E-state index in [2.05, 4.69) is 6.72 Å². The van der Waals surface area contributed by atoms with Gasteiger partial charge in [0.25, 0.3) is 5.82 Å². The van der Waals surface area contributed by atoms with Crippen molar-refractivity contribution in [3.63, 3.8) is 0 Å². The maximum absolute atomic E-state index is 5.45. The first-order valence-corrected chi connectivity index (χ1v) is 2.68. The van der Waals surface area contributed by atoms with Gasteiger partial charge in [-0.25, -0.2) is 4.58 Å². The maximum Gasteiger partial charge on any atom is 0.267 e. The van der Waals surface area contributed by atoms with Gasteiger partial charge in [-0.15, -0.1) is 0 Å². The van der Waals surface area contributed by atoms with Gasteiger partial charge in [-0.05, 0) is 6.42 Å². The zero-order chi connectivity index (χ0) is 6.57. The number of rotatable bonds is 2. The Morgan fingerprint density at radius 1 is 1.88 bits per heavy atom. The Morgan fingerprint density at radius 2 is 2.38 bits per heavy atom.